The third-order valence-electron chi connectivity index (χ3n) is 4.50. The third-order valence-corrected chi connectivity index (χ3v) is 5.25. The van der Waals surface area contributed by atoms with Crippen LogP contribution < -0.4 is 10.5 Å². The summed E-state index contributed by atoms with van der Waals surface area (Å²) in [6.45, 7) is 4.91. The fourth-order valence-corrected chi connectivity index (χ4v) is 3.71. The molecule has 0 fully saturated rings. The molecule has 2 aromatic rings. The van der Waals surface area contributed by atoms with Crippen LogP contribution >= 0.6 is 15.9 Å². The number of hydrogen-bond acceptors (Lipinski definition) is 5. The number of halogens is 1. The van der Waals surface area contributed by atoms with E-state index in [0.717, 1.165) is 15.6 Å². The molecule has 0 saturated carbocycles. The van der Waals surface area contributed by atoms with Crippen LogP contribution in [0.3, 0.4) is 0 Å². The maximum Gasteiger partial charge on any atom is 0.407 e. The Hall–Kier alpha value is -2.13. The predicted octanol–water partition coefficient (Wildman–Crippen LogP) is 2.74. The highest BCUT2D eigenvalue weighted by atomic mass is 79.9. The minimum absolute atomic E-state index is 0.190. The zero-order chi connectivity index (χ0) is 18.8. The number of hydrogen-bond donors (Lipinski definition) is 2. The molecule has 8 nitrogen and oxygen atoms in total. The summed E-state index contributed by atoms with van der Waals surface area (Å²) in [4.78, 5) is 12.9. The molecule has 0 bridgehead atoms. The highest BCUT2D eigenvalue weighted by Gasteiger charge is 2.33. The molecule has 0 saturated heterocycles. The van der Waals surface area contributed by atoms with Crippen molar-refractivity contribution in [2.45, 2.75) is 39.0 Å². The second-order valence-corrected chi connectivity index (χ2v) is 7.34. The van der Waals surface area contributed by atoms with Crippen LogP contribution in [-0.2, 0) is 13.0 Å². The van der Waals surface area contributed by atoms with E-state index in [-0.39, 0.29) is 19.2 Å². The predicted molar refractivity (Wildman–Crippen MR) is 99.1 cm³/mol. The summed E-state index contributed by atoms with van der Waals surface area (Å²) in [5, 5.41) is 17.7. The van der Waals surface area contributed by atoms with Crippen LogP contribution in [0.15, 0.2) is 22.8 Å². The topological polar surface area (TPSA) is 106 Å². The third kappa shape index (κ3) is 3.54. The Kier molecular flexibility index (Phi) is 5.47. The van der Waals surface area contributed by atoms with Crippen molar-refractivity contribution in [3.63, 3.8) is 0 Å². The zero-order valence-electron chi connectivity index (χ0n) is 14.7. The molecule has 2 heterocycles. The molecule has 3 rings (SSSR count). The Balaban J connectivity index is 1.89. The molecule has 0 unspecified atom stereocenters. The number of nitrogens with zero attached hydrogens (tertiary/aromatic N) is 4. The molecule has 140 valence electrons. The fourth-order valence-electron chi connectivity index (χ4n) is 3.16. The molecule has 1 aliphatic rings. The summed E-state index contributed by atoms with van der Waals surface area (Å²) in [5.74, 6) is 0.628. The van der Waals surface area contributed by atoms with Crippen LogP contribution in [-0.4, -0.2) is 44.2 Å². The van der Waals surface area contributed by atoms with Crippen molar-refractivity contribution in [3.8, 4) is 5.75 Å². The summed E-state index contributed by atoms with van der Waals surface area (Å²) in [6.07, 6.45) is 1.48. The van der Waals surface area contributed by atoms with Crippen LogP contribution in [0.25, 0.3) is 0 Å². The average molecular weight is 424 g/mol. The van der Waals surface area contributed by atoms with Gasteiger partial charge >= 0.3 is 6.09 Å². The number of amides is 1. The van der Waals surface area contributed by atoms with E-state index in [1.165, 1.54) is 4.90 Å². The van der Waals surface area contributed by atoms with E-state index in [9.17, 15) is 9.90 Å². The summed E-state index contributed by atoms with van der Waals surface area (Å²) in [7, 11) is 0. The molecular formula is C17H22BrN5O3. The second kappa shape index (κ2) is 7.63. The Morgan fingerprint density at radius 2 is 2.27 bits per heavy atom. The van der Waals surface area contributed by atoms with Crippen molar-refractivity contribution in [3.05, 3.63) is 39.6 Å². The van der Waals surface area contributed by atoms with Gasteiger partial charge in [-0.15, -0.1) is 5.10 Å². The fraction of sp³-hybridized carbons (Fsp3) is 0.471. The lowest BCUT2D eigenvalue weighted by molar-refractivity contribution is 0.120. The zero-order valence-corrected chi connectivity index (χ0v) is 16.3. The van der Waals surface area contributed by atoms with Crippen LogP contribution in [0.2, 0.25) is 0 Å². The number of carboxylic acid groups (broad SMARTS) is 1. The van der Waals surface area contributed by atoms with Gasteiger partial charge in [-0.05, 0) is 38.0 Å². The van der Waals surface area contributed by atoms with Gasteiger partial charge in [0.25, 0.3) is 0 Å². The van der Waals surface area contributed by atoms with Crippen LogP contribution in [0.1, 0.15) is 42.8 Å². The number of ether oxygens (including phenoxy) is 1. The van der Waals surface area contributed by atoms with Crippen molar-refractivity contribution in [2.24, 2.45) is 5.73 Å². The molecule has 0 aliphatic carbocycles. The molecule has 0 spiro atoms. The Morgan fingerprint density at radius 1 is 1.50 bits per heavy atom. The lowest BCUT2D eigenvalue weighted by atomic mass is 9.92. The van der Waals surface area contributed by atoms with E-state index in [1.54, 1.807) is 4.68 Å². The SMILES string of the molecule is CC(C)n1cc(COc2ccc(Br)c3c2[C@@H](CN)N(C(=O)O)CC3)nn1. The van der Waals surface area contributed by atoms with E-state index >= 15 is 0 Å². The Labute approximate surface area is 160 Å². The minimum atomic E-state index is -0.975. The average Bonchev–Trinajstić information content (AvgIpc) is 3.09. The van der Waals surface area contributed by atoms with Gasteiger partial charge < -0.3 is 15.6 Å². The minimum Gasteiger partial charge on any atom is -0.487 e. The summed E-state index contributed by atoms with van der Waals surface area (Å²) < 4.78 is 8.69. The van der Waals surface area contributed by atoms with Crippen molar-refractivity contribution in [1.82, 2.24) is 19.9 Å². The van der Waals surface area contributed by atoms with Gasteiger partial charge in [0.05, 0.1) is 12.2 Å². The molecule has 1 aromatic heterocycles. The van der Waals surface area contributed by atoms with Crippen molar-refractivity contribution in [1.29, 1.82) is 0 Å². The van der Waals surface area contributed by atoms with E-state index in [1.807, 2.05) is 32.2 Å². The maximum atomic E-state index is 11.6. The van der Waals surface area contributed by atoms with Crippen molar-refractivity contribution in [2.75, 3.05) is 13.1 Å². The summed E-state index contributed by atoms with van der Waals surface area (Å²) >= 11 is 3.56. The number of nitrogens with two attached hydrogens (primary N) is 1. The first kappa shape index (κ1) is 18.7. The summed E-state index contributed by atoms with van der Waals surface area (Å²) in [5.41, 5.74) is 8.49. The van der Waals surface area contributed by atoms with E-state index in [4.69, 9.17) is 10.5 Å². The molecule has 1 amide bonds. The Morgan fingerprint density at radius 3 is 2.88 bits per heavy atom. The molecule has 9 heteroatoms. The van der Waals surface area contributed by atoms with E-state index in [2.05, 4.69) is 26.2 Å². The van der Waals surface area contributed by atoms with Gasteiger partial charge in [-0.1, -0.05) is 21.1 Å². The standard InChI is InChI=1S/C17H22BrN5O3/c1-10(2)23-8-11(20-21-23)9-26-15-4-3-13(18)12-5-6-22(17(24)25)14(7-19)16(12)15/h3-4,8,10,14H,5-7,9,19H2,1-2H3,(H,24,25)/t14-/m1/s1. The maximum absolute atomic E-state index is 11.6. The number of aromatic nitrogens is 3. The smallest absolute Gasteiger partial charge is 0.407 e. The van der Waals surface area contributed by atoms with Gasteiger partial charge in [0.15, 0.2) is 0 Å². The molecule has 26 heavy (non-hydrogen) atoms. The van der Waals surface area contributed by atoms with Gasteiger partial charge in [-0.2, -0.15) is 0 Å². The monoisotopic (exact) mass is 423 g/mol. The number of benzene rings is 1. The van der Waals surface area contributed by atoms with Crippen LogP contribution in [0.5, 0.6) is 5.75 Å². The lowest BCUT2D eigenvalue weighted by Gasteiger charge is -2.36. The van der Waals surface area contributed by atoms with Crippen molar-refractivity contribution < 1.29 is 14.6 Å². The van der Waals surface area contributed by atoms with Gasteiger partial charge in [0.1, 0.15) is 18.1 Å². The second-order valence-electron chi connectivity index (χ2n) is 6.49. The first-order chi connectivity index (χ1) is 12.4. The van der Waals surface area contributed by atoms with E-state index < -0.39 is 12.1 Å². The number of fused-ring (bicyclic) bond motifs is 1. The molecule has 1 aliphatic heterocycles. The molecule has 1 atom stereocenters. The normalized spacial score (nSPS) is 16.7. The van der Waals surface area contributed by atoms with Gasteiger partial charge in [0, 0.05) is 29.2 Å². The molecule has 0 radical (unpaired) electrons. The first-order valence-corrected chi connectivity index (χ1v) is 9.26. The van der Waals surface area contributed by atoms with Gasteiger partial charge in [-0.3, -0.25) is 4.90 Å². The van der Waals surface area contributed by atoms with Gasteiger partial charge in [-0.25, -0.2) is 9.48 Å². The van der Waals surface area contributed by atoms with Crippen molar-refractivity contribution >= 4 is 22.0 Å². The highest BCUT2D eigenvalue weighted by molar-refractivity contribution is 9.10. The van der Waals surface area contributed by atoms with Crippen LogP contribution in [0, 0.1) is 0 Å². The number of carbonyl (C=O) groups is 1. The molecule has 1 aromatic carbocycles. The lowest BCUT2D eigenvalue weighted by Crippen LogP contribution is -2.42. The molecular weight excluding hydrogens is 402 g/mol. The highest BCUT2D eigenvalue weighted by Crippen LogP contribution is 2.40. The quantitative estimate of drug-likeness (QED) is 0.765. The van der Waals surface area contributed by atoms with E-state index in [0.29, 0.717) is 24.4 Å². The van der Waals surface area contributed by atoms with Gasteiger partial charge in [0.2, 0.25) is 0 Å². The van der Waals surface area contributed by atoms with Crippen LogP contribution in [0.4, 0.5) is 4.79 Å². The first-order valence-electron chi connectivity index (χ1n) is 8.46. The summed E-state index contributed by atoms with van der Waals surface area (Å²) in [6, 6.07) is 3.55. The molecule has 3 N–H and O–H groups in total. The number of rotatable bonds is 5. The largest absolute Gasteiger partial charge is 0.487 e. The Bertz CT molecular complexity index is 808.